The minimum Gasteiger partial charge on any atom is -0.504 e. The molecule has 0 radical (unpaired) electrons. The number of hydrogen-bond acceptors (Lipinski definition) is 6. The van der Waals surface area contributed by atoms with Crippen molar-refractivity contribution < 1.29 is 29.9 Å². The summed E-state index contributed by atoms with van der Waals surface area (Å²) in [4.78, 5) is 0. The molecule has 4 N–H and O–H groups in total. The van der Waals surface area contributed by atoms with Gasteiger partial charge in [-0.2, -0.15) is 0 Å². The zero-order valence-electron chi connectivity index (χ0n) is 11.1. The molecule has 1 fully saturated rings. The topological polar surface area (TPSA) is 99.4 Å². The number of aromatic hydroxyl groups is 1. The van der Waals surface area contributed by atoms with E-state index in [1.807, 2.05) is 24.3 Å². The van der Waals surface area contributed by atoms with E-state index < -0.39 is 31.2 Å². The Morgan fingerprint density at radius 3 is 2.33 bits per heavy atom. The highest BCUT2D eigenvalue weighted by atomic mass is 16.7. The molecule has 0 saturated carbocycles. The van der Waals surface area contributed by atoms with Crippen LogP contribution in [0.3, 0.4) is 0 Å². The Balaban J connectivity index is 1.86. The molecule has 1 saturated heterocycles. The molecule has 0 bridgehead atoms. The number of fused-ring (bicyclic) bond motifs is 1. The van der Waals surface area contributed by atoms with Crippen LogP contribution in [0, 0.1) is 0 Å². The first kappa shape index (κ1) is 14.1. The molecule has 6 nitrogen and oxygen atoms in total. The molecular weight excluding hydrogens is 276 g/mol. The van der Waals surface area contributed by atoms with Crippen LogP contribution in [0.2, 0.25) is 0 Å². The molecule has 1 unspecified atom stereocenters. The van der Waals surface area contributed by atoms with E-state index in [4.69, 9.17) is 14.6 Å². The Morgan fingerprint density at radius 1 is 1.05 bits per heavy atom. The second-order valence-electron chi connectivity index (χ2n) is 4.99. The third kappa shape index (κ3) is 2.54. The predicted octanol–water partition coefficient (Wildman–Crippen LogP) is 0.363. The van der Waals surface area contributed by atoms with E-state index in [2.05, 4.69) is 0 Å². The fourth-order valence-corrected chi connectivity index (χ4v) is 2.39. The molecule has 21 heavy (non-hydrogen) atoms. The third-order valence-electron chi connectivity index (χ3n) is 3.57. The Kier molecular flexibility index (Phi) is 3.69. The van der Waals surface area contributed by atoms with E-state index in [1.54, 1.807) is 12.1 Å². The van der Waals surface area contributed by atoms with Crippen molar-refractivity contribution in [2.45, 2.75) is 24.6 Å². The summed E-state index contributed by atoms with van der Waals surface area (Å²) in [5.74, 6) is 0.0509. The zero-order valence-corrected chi connectivity index (χ0v) is 11.1. The Morgan fingerprint density at radius 2 is 1.71 bits per heavy atom. The van der Waals surface area contributed by atoms with E-state index in [-0.39, 0.29) is 11.5 Å². The van der Waals surface area contributed by atoms with Gasteiger partial charge in [-0.3, -0.25) is 0 Å². The molecule has 2 aromatic rings. The maximum atomic E-state index is 9.97. The maximum absolute atomic E-state index is 9.97. The summed E-state index contributed by atoms with van der Waals surface area (Å²) >= 11 is 0. The van der Waals surface area contributed by atoms with Gasteiger partial charge >= 0.3 is 0 Å². The van der Waals surface area contributed by atoms with E-state index in [1.165, 1.54) is 0 Å². The largest absolute Gasteiger partial charge is 0.504 e. The number of ether oxygens (including phenoxy) is 2. The van der Waals surface area contributed by atoms with Gasteiger partial charge in [0.15, 0.2) is 11.5 Å². The highest BCUT2D eigenvalue weighted by Gasteiger charge is 2.44. The van der Waals surface area contributed by atoms with Crippen molar-refractivity contribution in [2.24, 2.45) is 0 Å². The molecule has 0 aromatic heterocycles. The van der Waals surface area contributed by atoms with Gasteiger partial charge in [0, 0.05) is 0 Å². The van der Waals surface area contributed by atoms with Gasteiger partial charge in [0.1, 0.15) is 18.3 Å². The van der Waals surface area contributed by atoms with Gasteiger partial charge in [0.25, 0.3) is 0 Å². The second-order valence-corrected chi connectivity index (χ2v) is 4.99. The van der Waals surface area contributed by atoms with Crippen LogP contribution in [0.4, 0.5) is 0 Å². The first-order valence-electron chi connectivity index (χ1n) is 6.61. The Labute approximate surface area is 120 Å². The Hall–Kier alpha value is -1.86. The number of aliphatic hydroxyl groups is 3. The van der Waals surface area contributed by atoms with Crippen LogP contribution in [0.1, 0.15) is 0 Å². The summed E-state index contributed by atoms with van der Waals surface area (Å²) in [6, 6.07) is 10.6. The van der Waals surface area contributed by atoms with Crippen molar-refractivity contribution in [3.8, 4) is 11.5 Å². The van der Waals surface area contributed by atoms with Crippen molar-refractivity contribution in [3.63, 3.8) is 0 Å². The van der Waals surface area contributed by atoms with Crippen LogP contribution in [0.25, 0.3) is 10.8 Å². The van der Waals surface area contributed by atoms with Gasteiger partial charge in [0.05, 0.1) is 6.61 Å². The first-order valence-corrected chi connectivity index (χ1v) is 6.61. The van der Waals surface area contributed by atoms with Crippen LogP contribution in [-0.2, 0) is 4.74 Å². The molecule has 112 valence electrons. The molecule has 1 heterocycles. The number of hydrogen-bond donors (Lipinski definition) is 4. The van der Waals surface area contributed by atoms with Crippen LogP contribution < -0.4 is 4.74 Å². The lowest BCUT2D eigenvalue weighted by atomic mass is 10.1. The van der Waals surface area contributed by atoms with E-state index >= 15 is 0 Å². The van der Waals surface area contributed by atoms with E-state index in [9.17, 15) is 15.3 Å². The van der Waals surface area contributed by atoms with Gasteiger partial charge in [-0.05, 0) is 22.9 Å². The molecular formula is C15H16O6. The summed E-state index contributed by atoms with van der Waals surface area (Å²) < 4.78 is 10.7. The standard InChI is InChI=1S/C15H16O6/c16-7-12-13(18)14(19)15(21-12)20-11-6-9-4-2-1-3-8(9)5-10(11)17/h1-6,12-19H,7H2/t12-,13+,14?,15-/m1/s1. The SMILES string of the molecule is OC[C@H]1O[C@@H](Oc2cc3ccccc3cc2O)C(O)[C@H]1O. The van der Waals surface area contributed by atoms with Crippen LogP contribution in [0.5, 0.6) is 11.5 Å². The van der Waals surface area contributed by atoms with Crippen molar-refractivity contribution >= 4 is 10.8 Å². The third-order valence-corrected chi connectivity index (χ3v) is 3.57. The summed E-state index contributed by atoms with van der Waals surface area (Å²) in [5.41, 5.74) is 0. The lowest BCUT2D eigenvalue weighted by molar-refractivity contribution is -0.117. The lowest BCUT2D eigenvalue weighted by Crippen LogP contribution is -2.35. The number of phenols is 1. The number of phenolic OH excluding ortho intramolecular Hbond substituents is 1. The van der Waals surface area contributed by atoms with Crippen molar-refractivity contribution in [3.05, 3.63) is 36.4 Å². The fraction of sp³-hybridized carbons (Fsp3) is 0.333. The molecule has 3 rings (SSSR count). The highest BCUT2D eigenvalue weighted by Crippen LogP contribution is 2.34. The lowest BCUT2D eigenvalue weighted by Gasteiger charge is -2.18. The molecule has 0 spiro atoms. The zero-order chi connectivity index (χ0) is 15.0. The number of benzene rings is 2. The van der Waals surface area contributed by atoms with Gasteiger partial charge < -0.3 is 29.9 Å². The summed E-state index contributed by atoms with van der Waals surface area (Å²) in [7, 11) is 0. The fourth-order valence-electron chi connectivity index (χ4n) is 2.39. The molecule has 1 aliphatic heterocycles. The predicted molar refractivity (Wildman–Crippen MR) is 74.0 cm³/mol. The van der Waals surface area contributed by atoms with Crippen LogP contribution >= 0.6 is 0 Å². The van der Waals surface area contributed by atoms with Gasteiger partial charge in [-0.25, -0.2) is 0 Å². The molecule has 4 atom stereocenters. The summed E-state index contributed by atoms with van der Waals surface area (Å²) in [5, 5.41) is 40.2. The minimum atomic E-state index is -1.30. The summed E-state index contributed by atoms with van der Waals surface area (Å²) in [6.07, 6.45) is -4.59. The van der Waals surface area contributed by atoms with Crippen LogP contribution in [-0.4, -0.2) is 51.6 Å². The monoisotopic (exact) mass is 292 g/mol. The first-order chi connectivity index (χ1) is 10.1. The second kappa shape index (κ2) is 5.50. The average Bonchev–Trinajstić information content (AvgIpc) is 2.76. The molecule has 2 aromatic carbocycles. The van der Waals surface area contributed by atoms with Gasteiger partial charge in [-0.15, -0.1) is 0 Å². The smallest absolute Gasteiger partial charge is 0.229 e. The normalized spacial score (nSPS) is 28.9. The van der Waals surface area contributed by atoms with Crippen molar-refractivity contribution in [1.82, 2.24) is 0 Å². The number of aliphatic hydroxyl groups excluding tert-OH is 3. The van der Waals surface area contributed by atoms with E-state index in [0.717, 1.165) is 10.8 Å². The minimum absolute atomic E-state index is 0.0913. The highest BCUT2D eigenvalue weighted by molar-refractivity contribution is 5.85. The van der Waals surface area contributed by atoms with Gasteiger partial charge in [0.2, 0.25) is 6.29 Å². The number of rotatable bonds is 3. The Bertz CT molecular complexity index is 643. The average molecular weight is 292 g/mol. The van der Waals surface area contributed by atoms with Crippen molar-refractivity contribution in [2.75, 3.05) is 6.61 Å². The van der Waals surface area contributed by atoms with Gasteiger partial charge in [-0.1, -0.05) is 24.3 Å². The van der Waals surface area contributed by atoms with Crippen molar-refractivity contribution in [1.29, 1.82) is 0 Å². The molecule has 0 amide bonds. The van der Waals surface area contributed by atoms with Crippen LogP contribution in [0.15, 0.2) is 36.4 Å². The quantitative estimate of drug-likeness (QED) is 0.652. The molecule has 0 aliphatic carbocycles. The molecule has 6 heteroatoms. The van der Waals surface area contributed by atoms with E-state index in [0.29, 0.717) is 0 Å². The maximum Gasteiger partial charge on any atom is 0.229 e. The molecule has 1 aliphatic rings. The summed E-state index contributed by atoms with van der Waals surface area (Å²) in [6.45, 7) is -0.429.